The van der Waals surface area contributed by atoms with Crippen LogP contribution in [0.4, 0.5) is 0 Å². The van der Waals surface area contributed by atoms with E-state index in [-0.39, 0.29) is 12.0 Å². The SMILES string of the molecule is CCC1CN2CCc3c4n(c5ccccc35)C(C(=O)OC)C1CC42. The molecule has 1 aromatic heterocycles. The summed E-state index contributed by atoms with van der Waals surface area (Å²) in [5.74, 6) is 0.888. The first-order valence-corrected chi connectivity index (χ1v) is 9.18. The number of esters is 1. The topological polar surface area (TPSA) is 34.5 Å². The molecule has 4 atom stereocenters. The van der Waals surface area contributed by atoms with Crippen molar-refractivity contribution in [3.8, 4) is 0 Å². The standard InChI is InChI=1S/C20H24N2O2/c1-3-12-11-21-9-8-14-13-6-4-5-7-16(13)22-18(14)17(21)10-15(12)19(22)20(23)24-2/h4-7,12,15,17,19H,3,8-11H2,1-2H3. The lowest BCUT2D eigenvalue weighted by Gasteiger charge is -2.52. The molecule has 3 aliphatic heterocycles. The van der Waals surface area contributed by atoms with Crippen LogP contribution in [0.2, 0.25) is 0 Å². The summed E-state index contributed by atoms with van der Waals surface area (Å²) in [5, 5.41) is 1.33. The van der Waals surface area contributed by atoms with Crippen molar-refractivity contribution < 1.29 is 9.53 Å². The smallest absolute Gasteiger partial charge is 0.329 e. The van der Waals surface area contributed by atoms with Crippen LogP contribution in [0.5, 0.6) is 0 Å². The van der Waals surface area contributed by atoms with E-state index in [0.29, 0.717) is 17.9 Å². The van der Waals surface area contributed by atoms with Crippen LogP contribution in [0.3, 0.4) is 0 Å². The normalized spacial score (nSPS) is 31.2. The van der Waals surface area contributed by atoms with E-state index in [0.717, 1.165) is 32.4 Å². The third-order valence-corrected chi connectivity index (χ3v) is 6.68. The van der Waals surface area contributed by atoms with Crippen molar-refractivity contribution in [3.05, 3.63) is 35.5 Å². The van der Waals surface area contributed by atoms with Crippen LogP contribution in [-0.4, -0.2) is 35.6 Å². The quantitative estimate of drug-likeness (QED) is 0.795. The van der Waals surface area contributed by atoms with Gasteiger partial charge in [-0.15, -0.1) is 0 Å². The molecule has 2 bridgehead atoms. The Hall–Kier alpha value is -1.81. The summed E-state index contributed by atoms with van der Waals surface area (Å²) < 4.78 is 7.61. The minimum absolute atomic E-state index is 0.0699. The third-order valence-electron chi connectivity index (χ3n) is 6.68. The maximum Gasteiger partial charge on any atom is 0.329 e. The maximum atomic E-state index is 12.8. The van der Waals surface area contributed by atoms with Gasteiger partial charge in [-0.2, -0.15) is 0 Å². The Kier molecular flexibility index (Phi) is 3.08. The molecule has 0 spiro atoms. The van der Waals surface area contributed by atoms with Crippen LogP contribution in [0.25, 0.3) is 10.9 Å². The largest absolute Gasteiger partial charge is 0.467 e. The second-order valence-corrected chi connectivity index (χ2v) is 7.55. The van der Waals surface area contributed by atoms with Gasteiger partial charge in [-0.1, -0.05) is 31.5 Å². The zero-order chi connectivity index (χ0) is 16.4. The van der Waals surface area contributed by atoms with E-state index >= 15 is 0 Å². The van der Waals surface area contributed by atoms with Crippen LogP contribution in [-0.2, 0) is 16.0 Å². The fourth-order valence-electron chi connectivity index (χ4n) is 5.64. The number of hydrogen-bond donors (Lipinski definition) is 0. The number of para-hydroxylation sites is 1. The summed E-state index contributed by atoms with van der Waals surface area (Å²) in [7, 11) is 1.53. The zero-order valence-corrected chi connectivity index (χ0v) is 14.4. The molecule has 4 heterocycles. The van der Waals surface area contributed by atoms with Crippen LogP contribution < -0.4 is 0 Å². The Morgan fingerprint density at radius 1 is 1.33 bits per heavy atom. The van der Waals surface area contributed by atoms with Gasteiger partial charge < -0.3 is 9.30 Å². The molecule has 126 valence electrons. The van der Waals surface area contributed by atoms with E-state index in [1.807, 2.05) is 0 Å². The molecule has 0 saturated carbocycles. The van der Waals surface area contributed by atoms with Gasteiger partial charge in [0.1, 0.15) is 6.04 Å². The first-order chi connectivity index (χ1) is 11.7. The number of carbonyl (C=O) groups is 1. The molecule has 3 aliphatic rings. The average Bonchev–Trinajstić information content (AvgIpc) is 2.96. The van der Waals surface area contributed by atoms with Gasteiger partial charge in [-0.25, -0.2) is 4.79 Å². The molecule has 4 heteroatoms. The monoisotopic (exact) mass is 324 g/mol. The molecule has 24 heavy (non-hydrogen) atoms. The van der Waals surface area contributed by atoms with E-state index in [1.165, 1.54) is 29.3 Å². The number of rotatable bonds is 2. The second-order valence-electron chi connectivity index (χ2n) is 7.55. The first kappa shape index (κ1) is 14.5. The van der Waals surface area contributed by atoms with Gasteiger partial charge >= 0.3 is 5.97 Å². The highest BCUT2D eigenvalue weighted by atomic mass is 16.5. The molecule has 5 rings (SSSR count). The van der Waals surface area contributed by atoms with Crippen LogP contribution in [0.1, 0.15) is 43.1 Å². The van der Waals surface area contributed by atoms with Crippen molar-refractivity contribution in [2.24, 2.45) is 11.8 Å². The lowest BCUT2D eigenvalue weighted by atomic mass is 9.71. The molecular formula is C20H24N2O2. The van der Waals surface area contributed by atoms with Gasteiger partial charge in [0, 0.05) is 29.7 Å². The molecular weight excluding hydrogens is 300 g/mol. The van der Waals surface area contributed by atoms with Gasteiger partial charge in [0.25, 0.3) is 0 Å². The Morgan fingerprint density at radius 2 is 2.17 bits per heavy atom. The molecule has 4 nitrogen and oxygen atoms in total. The number of benzene rings is 1. The summed E-state index contributed by atoms with van der Waals surface area (Å²) in [4.78, 5) is 15.4. The Bertz CT molecular complexity index is 824. The number of nitrogens with zero attached hydrogens (tertiary/aromatic N) is 2. The number of carbonyl (C=O) groups excluding carboxylic acids is 1. The summed E-state index contributed by atoms with van der Waals surface area (Å²) in [6.07, 6.45) is 3.32. The Labute approximate surface area is 142 Å². The molecule has 0 aliphatic carbocycles. The highest BCUT2D eigenvalue weighted by Gasteiger charge is 2.51. The van der Waals surface area contributed by atoms with Crippen molar-refractivity contribution in [1.29, 1.82) is 0 Å². The Balaban J connectivity index is 1.83. The molecule has 1 saturated heterocycles. The van der Waals surface area contributed by atoms with Crippen molar-refractivity contribution >= 4 is 16.9 Å². The van der Waals surface area contributed by atoms with Crippen LogP contribution in [0.15, 0.2) is 24.3 Å². The van der Waals surface area contributed by atoms with E-state index in [4.69, 9.17) is 4.74 Å². The van der Waals surface area contributed by atoms with Gasteiger partial charge in [-0.3, -0.25) is 4.90 Å². The van der Waals surface area contributed by atoms with E-state index < -0.39 is 0 Å². The molecule has 0 amide bonds. The summed E-state index contributed by atoms with van der Waals surface area (Å²) in [6.45, 7) is 4.54. The number of ether oxygens (including phenoxy) is 1. The molecule has 0 radical (unpaired) electrons. The predicted octanol–water partition coefficient (Wildman–Crippen LogP) is 3.31. The number of methoxy groups -OCH3 is 1. The second kappa shape index (κ2) is 5.09. The van der Waals surface area contributed by atoms with Crippen molar-refractivity contribution in [3.63, 3.8) is 0 Å². The summed E-state index contributed by atoms with van der Waals surface area (Å²) >= 11 is 0. The number of piperidine rings is 1. The average molecular weight is 324 g/mol. The maximum absolute atomic E-state index is 12.8. The van der Waals surface area contributed by atoms with Gasteiger partial charge in [-0.05, 0) is 36.3 Å². The van der Waals surface area contributed by atoms with Gasteiger partial charge in [0.05, 0.1) is 13.2 Å². The molecule has 1 fully saturated rings. The number of fused-ring (bicyclic) bond motifs is 4. The predicted molar refractivity (Wildman–Crippen MR) is 92.9 cm³/mol. The van der Waals surface area contributed by atoms with E-state index in [2.05, 4.69) is 40.7 Å². The lowest BCUT2D eigenvalue weighted by molar-refractivity contribution is -0.150. The van der Waals surface area contributed by atoms with Crippen molar-refractivity contribution in [1.82, 2.24) is 9.47 Å². The minimum Gasteiger partial charge on any atom is -0.467 e. The van der Waals surface area contributed by atoms with Crippen molar-refractivity contribution in [2.45, 2.75) is 38.3 Å². The first-order valence-electron chi connectivity index (χ1n) is 9.18. The fraction of sp³-hybridized carbons (Fsp3) is 0.550. The lowest BCUT2D eigenvalue weighted by Crippen LogP contribution is -2.53. The van der Waals surface area contributed by atoms with E-state index in [9.17, 15) is 4.79 Å². The van der Waals surface area contributed by atoms with Crippen LogP contribution >= 0.6 is 0 Å². The van der Waals surface area contributed by atoms with Gasteiger partial charge in [0.15, 0.2) is 0 Å². The highest BCUT2D eigenvalue weighted by Crippen LogP contribution is 2.53. The van der Waals surface area contributed by atoms with Gasteiger partial charge in [0.2, 0.25) is 0 Å². The minimum atomic E-state index is -0.162. The molecule has 4 unspecified atom stereocenters. The van der Waals surface area contributed by atoms with E-state index in [1.54, 1.807) is 0 Å². The van der Waals surface area contributed by atoms with Crippen LogP contribution in [0, 0.1) is 11.8 Å². The highest BCUT2D eigenvalue weighted by molar-refractivity contribution is 5.89. The Morgan fingerprint density at radius 3 is 2.96 bits per heavy atom. The third kappa shape index (κ3) is 1.70. The summed E-state index contributed by atoms with van der Waals surface area (Å²) in [5.41, 5.74) is 4.07. The summed E-state index contributed by atoms with van der Waals surface area (Å²) in [6, 6.07) is 8.92. The van der Waals surface area contributed by atoms with Crippen molar-refractivity contribution in [2.75, 3.05) is 20.2 Å². The fourth-order valence-corrected chi connectivity index (χ4v) is 5.64. The molecule has 1 aromatic carbocycles. The number of aromatic nitrogens is 1. The molecule has 2 aromatic rings. The molecule has 0 N–H and O–H groups in total. The number of hydrogen-bond acceptors (Lipinski definition) is 3. The zero-order valence-electron chi connectivity index (χ0n) is 14.4.